The molecule has 1 aliphatic heterocycles. The molecule has 0 spiro atoms. The number of nitrogens with two attached hydrogens (primary N) is 1. The number of piperidine rings is 1. The highest BCUT2D eigenvalue weighted by Gasteiger charge is 2.20. The van der Waals surface area contributed by atoms with Crippen molar-refractivity contribution >= 4 is 21.6 Å². The normalized spacial score (nSPS) is 17.9. The van der Waals surface area contributed by atoms with E-state index in [0.29, 0.717) is 12.5 Å². The minimum atomic E-state index is 0.558. The van der Waals surface area contributed by atoms with Crippen LogP contribution in [0.5, 0.6) is 0 Å². The lowest BCUT2D eigenvalue weighted by Crippen LogP contribution is -2.29. The Balaban J connectivity index is 1.91. The number of fused-ring (bicyclic) bond motifs is 1. The third kappa shape index (κ3) is 2.60. The molecule has 108 valence electrons. The first-order valence-electron chi connectivity index (χ1n) is 7.11. The van der Waals surface area contributed by atoms with Gasteiger partial charge in [-0.25, -0.2) is 9.50 Å². The van der Waals surface area contributed by atoms with E-state index in [0.717, 1.165) is 35.5 Å². The summed E-state index contributed by atoms with van der Waals surface area (Å²) in [5, 5.41) is 4.77. The zero-order chi connectivity index (χ0) is 14.1. The quantitative estimate of drug-likeness (QED) is 0.927. The second-order valence-corrected chi connectivity index (χ2v) is 6.24. The number of rotatable bonds is 3. The molecule has 20 heavy (non-hydrogen) atoms. The van der Waals surface area contributed by atoms with Crippen LogP contribution in [0.4, 0.5) is 0 Å². The summed E-state index contributed by atoms with van der Waals surface area (Å²) >= 11 is 3.59. The molecule has 5 nitrogen and oxygen atoms in total. The van der Waals surface area contributed by atoms with Crippen LogP contribution in [0.1, 0.15) is 30.1 Å². The minimum absolute atomic E-state index is 0.558. The number of likely N-dealkylation sites (tertiary alicyclic amines) is 1. The van der Waals surface area contributed by atoms with Gasteiger partial charge in [-0.2, -0.15) is 5.10 Å². The minimum Gasteiger partial charge on any atom is -0.330 e. The molecule has 0 atom stereocenters. The predicted molar refractivity (Wildman–Crippen MR) is 82.9 cm³/mol. The van der Waals surface area contributed by atoms with Crippen LogP contribution in [-0.4, -0.2) is 46.2 Å². The van der Waals surface area contributed by atoms with Crippen molar-refractivity contribution in [3.63, 3.8) is 0 Å². The van der Waals surface area contributed by atoms with Crippen molar-refractivity contribution < 1.29 is 0 Å². The van der Waals surface area contributed by atoms with E-state index in [2.05, 4.69) is 45.0 Å². The van der Waals surface area contributed by atoms with Crippen molar-refractivity contribution in [1.82, 2.24) is 19.5 Å². The van der Waals surface area contributed by atoms with Crippen LogP contribution in [-0.2, 0) is 6.42 Å². The molecule has 0 aromatic carbocycles. The van der Waals surface area contributed by atoms with E-state index in [1.54, 1.807) is 0 Å². The van der Waals surface area contributed by atoms with E-state index in [9.17, 15) is 0 Å². The summed E-state index contributed by atoms with van der Waals surface area (Å²) in [5.74, 6) is 0.558. The average Bonchev–Trinajstić information content (AvgIpc) is 2.77. The summed E-state index contributed by atoms with van der Waals surface area (Å²) in [6, 6.07) is 4.18. The van der Waals surface area contributed by atoms with Crippen LogP contribution in [0.25, 0.3) is 5.65 Å². The number of halogens is 1. The van der Waals surface area contributed by atoms with Crippen LogP contribution in [0, 0.1) is 0 Å². The highest BCUT2D eigenvalue weighted by Crippen LogP contribution is 2.27. The van der Waals surface area contributed by atoms with Gasteiger partial charge in [0, 0.05) is 12.3 Å². The third-order valence-corrected chi connectivity index (χ3v) is 4.82. The summed E-state index contributed by atoms with van der Waals surface area (Å²) in [5.41, 5.74) is 8.66. The number of nitrogens with zero attached hydrogens (tertiary/aromatic N) is 4. The molecular weight excluding hydrogens is 318 g/mol. The van der Waals surface area contributed by atoms with Gasteiger partial charge in [0.15, 0.2) is 5.65 Å². The van der Waals surface area contributed by atoms with Gasteiger partial charge in [-0.05, 0) is 67.6 Å². The molecule has 0 amide bonds. The molecular formula is C14H20BrN5. The Bertz CT molecular complexity index is 601. The first-order valence-corrected chi connectivity index (χ1v) is 7.91. The Morgan fingerprint density at radius 3 is 2.80 bits per heavy atom. The van der Waals surface area contributed by atoms with E-state index in [1.807, 2.05) is 4.52 Å². The fourth-order valence-corrected chi connectivity index (χ4v) is 3.33. The molecule has 0 aliphatic carbocycles. The first-order chi connectivity index (χ1) is 9.69. The van der Waals surface area contributed by atoms with E-state index < -0.39 is 0 Å². The number of imidazole rings is 1. The molecule has 0 saturated carbocycles. The van der Waals surface area contributed by atoms with Crippen molar-refractivity contribution in [2.45, 2.75) is 25.2 Å². The van der Waals surface area contributed by atoms with Gasteiger partial charge in [0.2, 0.25) is 0 Å². The Hall–Kier alpha value is -0.980. The van der Waals surface area contributed by atoms with Gasteiger partial charge in [-0.3, -0.25) is 0 Å². The molecule has 1 aliphatic rings. The highest BCUT2D eigenvalue weighted by molar-refractivity contribution is 9.10. The monoisotopic (exact) mass is 337 g/mol. The summed E-state index contributed by atoms with van der Waals surface area (Å²) in [4.78, 5) is 6.94. The number of hydrogen-bond acceptors (Lipinski definition) is 4. The zero-order valence-electron chi connectivity index (χ0n) is 11.7. The lowest BCUT2D eigenvalue weighted by atomic mass is 9.94. The van der Waals surface area contributed by atoms with Crippen molar-refractivity contribution in [1.29, 1.82) is 0 Å². The average molecular weight is 338 g/mol. The van der Waals surface area contributed by atoms with Crippen molar-refractivity contribution in [3.05, 3.63) is 28.1 Å². The molecule has 0 bridgehead atoms. The van der Waals surface area contributed by atoms with E-state index in [-0.39, 0.29) is 0 Å². The molecule has 2 aromatic rings. The highest BCUT2D eigenvalue weighted by atomic mass is 79.9. The molecule has 0 radical (unpaired) electrons. The van der Waals surface area contributed by atoms with E-state index in [4.69, 9.17) is 10.8 Å². The SMILES string of the molecule is CN1CCC(c2ccc3nc(CCN)c(Br)n3n2)CC1. The van der Waals surface area contributed by atoms with Gasteiger partial charge in [-0.1, -0.05) is 0 Å². The van der Waals surface area contributed by atoms with Crippen LogP contribution in [0.2, 0.25) is 0 Å². The molecule has 0 unspecified atom stereocenters. The van der Waals surface area contributed by atoms with Crippen LogP contribution < -0.4 is 5.73 Å². The molecule has 6 heteroatoms. The Labute approximate surface area is 127 Å². The first kappa shape index (κ1) is 14.0. The van der Waals surface area contributed by atoms with Gasteiger partial charge in [-0.15, -0.1) is 0 Å². The van der Waals surface area contributed by atoms with Gasteiger partial charge < -0.3 is 10.6 Å². The fourth-order valence-electron chi connectivity index (χ4n) is 2.78. The molecule has 1 fully saturated rings. The van der Waals surface area contributed by atoms with Crippen molar-refractivity contribution in [2.75, 3.05) is 26.7 Å². The van der Waals surface area contributed by atoms with Crippen LogP contribution in [0.15, 0.2) is 16.7 Å². The summed E-state index contributed by atoms with van der Waals surface area (Å²) in [7, 11) is 2.18. The van der Waals surface area contributed by atoms with Gasteiger partial charge in [0.25, 0.3) is 0 Å². The molecule has 3 heterocycles. The summed E-state index contributed by atoms with van der Waals surface area (Å²) in [6.45, 7) is 2.89. The maximum atomic E-state index is 5.62. The number of aromatic nitrogens is 3. The molecule has 2 aromatic heterocycles. The third-order valence-electron chi connectivity index (χ3n) is 4.03. The van der Waals surface area contributed by atoms with Gasteiger partial charge in [0.1, 0.15) is 4.60 Å². The topological polar surface area (TPSA) is 59.5 Å². The standard InChI is InChI=1S/C14H20BrN5/c1-19-8-5-10(6-9-19)11-2-3-13-17-12(4-7-16)14(15)20(13)18-11/h2-3,10H,4-9,16H2,1H3. The lowest BCUT2D eigenvalue weighted by molar-refractivity contribution is 0.252. The molecule has 2 N–H and O–H groups in total. The Morgan fingerprint density at radius 1 is 1.35 bits per heavy atom. The predicted octanol–water partition coefficient (Wildman–Crippen LogP) is 1.80. The summed E-state index contributed by atoms with van der Waals surface area (Å²) < 4.78 is 2.84. The smallest absolute Gasteiger partial charge is 0.155 e. The van der Waals surface area contributed by atoms with E-state index in [1.165, 1.54) is 18.5 Å². The zero-order valence-corrected chi connectivity index (χ0v) is 13.3. The maximum absolute atomic E-state index is 5.62. The molecule has 1 saturated heterocycles. The summed E-state index contributed by atoms with van der Waals surface area (Å²) in [6.07, 6.45) is 3.13. The van der Waals surface area contributed by atoms with Crippen molar-refractivity contribution in [3.8, 4) is 0 Å². The van der Waals surface area contributed by atoms with E-state index >= 15 is 0 Å². The lowest BCUT2D eigenvalue weighted by Gasteiger charge is -2.28. The Morgan fingerprint density at radius 2 is 2.10 bits per heavy atom. The second-order valence-electron chi connectivity index (χ2n) is 5.49. The second kappa shape index (κ2) is 5.79. The number of hydrogen-bond donors (Lipinski definition) is 1. The van der Waals surface area contributed by atoms with Gasteiger partial charge >= 0.3 is 0 Å². The largest absolute Gasteiger partial charge is 0.330 e. The fraction of sp³-hybridized carbons (Fsp3) is 0.571. The van der Waals surface area contributed by atoms with Gasteiger partial charge in [0.05, 0.1) is 11.4 Å². The molecule has 3 rings (SSSR count). The van der Waals surface area contributed by atoms with Crippen LogP contribution >= 0.6 is 15.9 Å². The maximum Gasteiger partial charge on any atom is 0.155 e. The Kier molecular flexibility index (Phi) is 4.05. The van der Waals surface area contributed by atoms with Crippen molar-refractivity contribution in [2.24, 2.45) is 5.73 Å². The van der Waals surface area contributed by atoms with Crippen LogP contribution in [0.3, 0.4) is 0 Å².